The van der Waals surface area contributed by atoms with Crippen molar-refractivity contribution in [1.29, 1.82) is 0 Å². The largest absolute Gasteiger partial charge is 1.00 e. The van der Waals surface area contributed by atoms with Gasteiger partial charge in [0.25, 0.3) is 0 Å². The molecule has 2 aromatic rings. The van der Waals surface area contributed by atoms with Crippen molar-refractivity contribution in [3.8, 4) is 11.1 Å². The molecule has 0 atom stereocenters. The van der Waals surface area contributed by atoms with Crippen LogP contribution in [0.3, 0.4) is 0 Å². The molecule has 1 heteroatoms. The van der Waals surface area contributed by atoms with Gasteiger partial charge < -0.3 is 0 Å². The van der Waals surface area contributed by atoms with Crippen molar-refractivity contribution in [1.82, 2.24) is 0 Å². The zero-order valence-electron chi connectivity index (χ0n) is 15.2. The van der Waals surface area contributed by atoms with E-state index in [0.29, 0.717) is 0 Å². The van der Waals surface area contributed by atoms with Crippen LogP contribution in [0.25, 0.3) is 11.1 Å². The van der Waals surface area contributed by atoms with Gasteiger partial charge in [-0.25, -0.2) is 0 Å². The van der Waals surface area contributed by atoms with Gasteiger partial charge in [-0.3, -0.25) is 0 Å². The van der Waals surface area contributed by atoms with Crippen molar-refractivity contribution in [3.63, 3.8) is 0 Å². The van der Waals surface area contributed by atoms with Gasteiger partial charge in [0.2, 0.25) is 0 Å². The summed E-state index contributed by atoms with van der Waals surface area (Å²) >= 11 is 0. The van der Waals surface area contributed by atoms with Crippen molar-refractivity contribution in [2.45, 2.75) is 58.8 Å². The number of benzene rings is 2. The van der Waals surface area contributed by atoms with E-state index in [0.717, 1.165) is 6.42 Å². The van der Waals surface area contributed by atoms with Crippen LogP contribution in [0.1, 0.15) is 63.8 Å². The summed E-state index contributed by atoms with van der Waals surface area (Å²) in [6.07, 6.45) is 1.08. The Bertz CT molecular complexity index is 635. The van der Waals surface area contributed by atoms with Crippen LogP contribution in [-0.2, 0) is 17.3 Å². The first-order valence-corrected chi connectivity index (χ1v) is 7.93. The monoisotopic (exact) mass is 285 g/mol. The predicted molar refractivity (Wildman–Crippen MR) is 92.1 cm³/mol. The van der Waals surface area contributed by atoms with Gasteiger partial charge in [0, 0.05) is 0 Å². The van der Waals surface area contributed by atoms with Gasteiger partial charge in [0.15, 0.2) is 0 Å². The molecule has 22 heavy (non-hydrogen) atoms. The SMILES string of the molecule is CC(C)(C)c1ccc2c(c1)Cc1cc(C(C)(C)C)ccc1-2.[Li+]. The van der Waals surface area contributed by atoms with Gasteiger partial charge in [-0.2, -0.15) is 0 Å². The van der Waals surface area contributed by atoms with Crippen molar-refractivity contribution < 1.29 is 18.9 Å². The quantitative estimate of drug-likeness (QED) is 0.557. The van der Waals surface area contributed by atoms with Crippen LogP contribution in [0.15, 0.2) is 36.4 Å². The third-order valence-corrected chi connectivity index (χ3v) is 4.61. The molecule has 0 saturated heterocycles. The maximum absolute atomic E-state index is 2.41. The van der Waals surface area contributed by atoms with E-state index in [9.17, 15) is 0 Å². The summed E-state index contributed by atoms with van der Waals surface area (Å²) in [7, 11) is 0. The summed E-state index contributed by atoms with van der Waals surface area (Å²) < 4.78 is 0. The van der Waals surface area contributed by atoms with Gasteiger partial charge in [-0.1, -0.05) is 77.9 Å². The van der Waals surface area contributed by atoms with Gasteiger partial charge in [0.1, 0.15) is 0 Å². The predicted octanol–water partition coefficient (Wildman–Crippen LogP) is 2.86. The molecule has 110 valence electrons. The van der Waals surface area contributed by atoms with E-state index in [1.54, 1.807) is 0 Å². The van der Waals surface area contributed by atoms with Crippen LogP contribution in [-0.4, -0.2) is 0 Å². The first-order valence-electron chi connectivity index (χ1n) is 7.93. The molecule has 0 spiro atoms. The van der Waals surface area contributed by atoms with Crippen LogP contribution < -0.4 is 18.9 Å². The number of hydrogen-bond acceptors (Lipinski definition) is 0. The van der Waals surface area contributed by atoms with E-state index in [-0.39, 0.29) is 29.7 Å². The maximum Gasteiger partial charge on any atom is 1.00 e. The Hall–Kier alpha value is -0.963. The van der Waals surface area contributed by atoms with Crippen LogP contribution in [0.4, 0.5) is 0 Å². The molecule has 3 rings (SSSR count). The molecule has 0 N–H and O–H groups in total. The second-order valence-electron chi connectivity index (χ2n) is 8.42. The molecule has 0 bridgehead atoms. The molecule has 0 amide bonds. The molecular weight excluding hydrogens is 259 g/mol. The smallest absolute Gasteiger partial charge is 0.0579 e. The van der Waals surface area contributed by atoms with Gasteiger partial charge >= 0.3 is 18.9 Å². The summed E-state index contributed by atoms with van der Waals surface area (Å²) in [6.45, 7) is 13.7. The van der Waals surface area contributed by atoms with E-state index in [4.69, 9.17) is 0 Å². The zero-order chi connectivity index (χ0) is 15.4. The van der Waals surface area contributed by atoms with Crippen molar-refractivity contribution in [2.24, 2.45) is 0 Å². The van der Waals surface area contributed by atoms with E-state index >= 15 is 0 Å². The molecule has 0 heterocycles. The fourth-order valence-electron chi connectivity index (χ4n) is 3.14. The molecule has 0 aromatic heterocycles. The summed E-state index contributed by atoms with van der Waals surface area (Å²) in [5, 5.41) is 0. The second kappa shape index (κ2) is 5.59. The van der Waals surface area contributed by atoms with Crippen molar-refractivity contribution in [3.05, 3.63) is 58.7 Å². The average molecular weight is 285 g/mol. The van der Waals surface area contributed by atoms with Crippen LogP contribution in [0.2, 0.25) is 0 Å². The molecule has 0 fully saturated rings. The Morgan fingerprint density at radius 1 is 0.636 bits per heavy atom. The molecule has 0 unspecified atom stereocenters. The molecule has 0 radical (unpaired) electrons. The van der Waals surface area contributed by atoms with E-state index in [1.807, 2.05) is 0 Å². The minimum absolute atomic E-state index is 0. The molecule has 1 aliphatic carbocycles. The van der Waals surface area contributed by atoms with Gasteiger partial charge in [-0.05, 0) is 50.6 Å². The summed E-state index contributed by atoms with van der Waals surface area (Å²) in [5.74, 6) is 0. The van der Waals surface area contributed by atoms with Crippen LogP contribution in [0, 0.1) is 0 Å². The Morgan fingerprint density at radius 2 is 1.00 bits per heavy atom. The first kappa shape index (κ1) is 17.4. The average Bonchev–Trinajstić information content (AvgIpc) is 2.73. The molecule has 2 aromatic carbocycles. The van der Waals surface area contributed by atoms with Crippen molar-refractivity contribution >= 4 is 0 Å². The van der Waals surface area contributed by atoms with E-state index in [2.05, 4.69) is 77.9 Å². The topological polar surface area (TPSA) is 0 Å². The minimum Gasteiger partial charge on any atom is -0.0579 e. The number of fused-ring (bicyclic) bond motifs is 3. The second-order valence-corrected chi connectivity index (χ2v) is 8.42. The third-order valence-electron chi connectivity index (χ3n) is 4.61. The number of hydrogen-bond donors (Lipinski definition) is 0. The van der Waals surface area contributed by atoms with Gasteiger partial charge in [0.05, 0.1) is 0 Å². The number of rotatable bonds is 0. The fourth-order valence-corrected chi connectivity index (χ4v) is 3.14. The zero-order valence-corrected chi connectivity index (χ0v) is 15.2. The minimum atomic E-state index is 0. The van der Waals surface area contributed by atoms with Crippen LogP contribution in [0.5, 0.6) is 0 Å². The normalized spacial score (nSPS) is 13.4. The maximum atomic E-state index is 2.41. The summed E-state index contributed by atoms with van der Waals surface area (Å²) in [4.78, 5) is 0. The van der Waals surface area contributed by atoms with E-state index < -0.39 is 0 Å². The fraction of sp³-hybridized carbons (Fsp3) is 0.429. The Balaban J connectivity index is 0.00000176. The Morgan fingerprint density at radius 3 is 1.32 bits per heavy atom. The molecular formula is C21H26Li+. The molecule has 0 nitrogen and oxygen atoms in total. The Kier molecular flexibility index (Phi) is 4.42. The molecule has 1 aliphatic rings. The first-order chi connectivity index (χ1) is 9.66. The summed E-state index contributed by atoms with van der Waals surface area (Å²) in [5.41, 5.74) is 9.15. The molecule has 0 aliphatic heterocycles. The molecule has 0 saturated carbocycles. The van der Waals surface area contributed by atoms with Crippen molar-refractivity contribution in [2.75, 3.05) is 0 Å². The van der Waals surface area contributed by atoms with Crippen LogP contribution >= 0.6 is 0 Å². The Labute approximate surface area is 147 Å². The standard InChI is InChI=1S/C21H26.Li/c1-20(2,3)16-7-9-18-14(12-16)11-15-13-17(21(4,5)6)8-10-19(15)18;/h7-10,12-13H,11H2,1-6H3;/q;+1. The summed E-state index contributed by atoms with van der Waals surface area (Å²) in [6, 6.07) is 14.0. The van der Waals surface area contributed by atoms with E-state index in [1.165, 1.54) is 33.4 Å². The third kappa shape index (κ3) is 3.05. The van der Waals surface area contributed by atoms with Gasteiger partial charge in [-0.15, -0.1) is 0 Å².